The topological polar surface area (TPSA) is 66.3 Å². The summed E-state index contributed by atoms with van der Waals surface area (Å²) in [5, 5.41) is 8.77. The molecule has 1 N–H and O–H groups in total. The number of carboxylic acid groups (broad SMARTS) is 1. The monoisotopic (exact) mass is 195 g/mol. The maximum absolute atomic E-state index is 10.7. The van der Waals surface area contributed by atoms with Crippen molar-refractivity contribution < 1.29 is 9.90 Å². The molecular formula is C9H13N3O2. The van der Waals surface area contributed by atoms with E-state index in [0.29, 0.717) is 12.2 Å². The van der Waals surface area contributed by atoms with Crippen molar-refractivity contribution in [2.75, 3.05) is 19.0 Å². The van der Waals surface area contributed by atoms with Crippen molar-refractivity contribution in [3.05, 3.63) is 17.6 Å². The highest BCUT2D eigenvalue weighted by atomic mass is 16.4. The highest BCUT2D eigenvalue weighted by Gasteiger charge is 2.10. The molecule has 0 aliphatic rings. The standard InChI is InChI=1S/C9H13N3O2/c1-4-6-5-7(12(2)3)11-8(10-6)9(13)14/h5H,4H2,1-3H3,(H,13,14). The largest absolute Gasteiger partial charge is 0.475 e. The van der Waals surface area contributed by atoms with Gasteiger partial charge in [-0.15, -0.1) is 0 Å². The van der Waals surface area contributed by atoms with Gasteiger partial charge in [0.05, 0.1) is 0 Å². The zero-order valence-electron chi connectivity index (χ0n) is 8.48. The van der Waals surface area contributed by atoms with Crippen LogP contribution in [0.3, 0.4) is 0 Å². The van der Waals surface area contributed by atoms with E-state index in [2.05, 4.69) is 9.97 Å². The van der Waals surface area contributed by atoms with Crippen LogP contribution in [0.5, 0.6) is 0 Å². The Bertz CT molecular complexity index is 350. The van der Waals surface area contributed by atoms with Gasteiger partial charge in [0.2, 0.25) is 5.82 Å². The lowest BCUT2D eigenvalue weighted by Crippen LogP contribution is -2.15. The minimum Gasteiger partial charge on any atom is -0.475 e. The third-order valence-electron chi connectivity index (χ3n) is 1.78. The Morgan fingerprint density at radius 2 is 2.14 bits per heavy atom. The molecule has 0 saturated carbocycles. The Kier molecular flexibility index (Phi) is 3.01. The Balaban J connectivity index is 3.20. The van der Waals surface area contributed by atoms with Crippen LogP contribution in [0, 0.1) is 0 Å². The van der Waals surface area contributed by atoms with Gasteiger partial charge in [-0.3, -0.25) is 0 Å². The first-order valence-electron chi connectivity index (χ1n) is 4.33. The molecule has 0 atom stereocenters. The number of hydrogen-bond acceptors (Lipinski definition) is 4. The van der Waals surface area contributed by atoms with Crippen LogP contribution >= 0.6 is 0 Å². The molecule has 1 aromatic heterocycles. The number of aromatic nitrogens is 2. The fourth-order valence-electron chi connectivity index (χ4n) is 0.989. The number of anilines is 1. The molecule has 0 bridgehead atoms. The molecule has 1 rings (SSSR count). The van der Waals surface area contributed by atoms with E-state index in [0.717, 1.165) is 5.69 Å². The summed E-state index contributed by atoms with van der Waals surface area (Å²) in [6.45, 7) is 1.92. The quantitative estimate of drug-likeness (QED) is 0.772. The predicted octanol–water partition coefficient (Wildman–Crippen LogP) is 0.803. The minimum atomic E-state index is -1.09. The Hall–Kier alpha value is -1.65. The molecule has 14 heavy (non-hydrogen) atoms. The Labute approximate surface area is 82.4 Å². The van der Waals surface area contributed by atoms with Gasteiger partial charge in [0, 0.05) is 25.9 Å². The number of carbonyl (C=O) groups is 1. The summed E-state index contributed by atoms with van der Waals surface area (Å²) in [6, 6.07) is 1.78. The molecule has 0 unspecified atom stereocenters. The molecule has 0 fully saturated rings. The predicted molar refractivity (Wildman–Crippen MR) is 52.7 cm³/mol. The molecule has 5 heteroatoms. The van der Waals surface area contributed by atoms with E-state index in [4.69, 9.17) is 5.11 Å². The molecule has 0 aliphatic heterocycles. The lowest BCUT2D eigenvalue weighted by molar-refractivity contribution is 0.0683. The molecule has 0 aliphatic carbocycles. The summed E-state index contributed by atoms with van der Waals surface area (Å²) in [5.74, 6) is -0.620. The van der Waals surface area contributed by atoms with Gasteiger partial charge in [-0.25, -0.2) is 14.8 Å². The Morgan fingerprint density at radius 1 is 1.50 bits per heavy atom. The van der Waals surface area contributed by atoms with Gasteiger partial charge < -0.3 is 10.0 Å². The molecule has 76 valence electrons. The van der Waals surface area contributed by atoms with Crippen molar-refractivity contribution in [2.45, 2.75) is 13.3 Å². The van der Waals surface area contributed by atoms with Gasteiger partial charge in [-0.1, -0.05) is 6.92 Å². The van der Waals surface area contributed by atoms with Crippen LogP contribution in [0.4, 0.5) is 5.82 Å². The summed E-state index contributed by atoms with van der Waals surface area (Å²) in [5.41, 5.74) is 0.737. The number of carboxylic acids is 1. The third-order valence-corrected chi connectivity index (χ3v) is 1.78. The number of nitrogens with zero attached hydrogens (tertiary/aromatic N) is 3. The van der Waals surface area contributed by atoms with E-state index in [9.17, 15) is 4.79 Å². The van der Waals surface area contributed by atoms with Crippen molar-refractivity contribution in [1.82, 2.24) is 9.97 Å². The number of hydrogen-bond donors (Lipinski definition) is 1. The minimum absolute atomic E-state index is 0.145. The average molecular weight is 195 g/mol. The molecule has 5 nitrogen and oxygen atoms in total. The van der Waals surface area contributed by atoms with Gasteiger partial charge >= 0.3 is 5.97 Å². The van der Waals surface area contributed by atoms with E-state index in [1.54, 1.807) is 11.0 Å². The first kappa shape index (κ1) is 10.4. The van der Waals surface area contributed by atoms with Gasteiger partial charge in [0.1, 0.15) is 5.82 Å². The van der Waals surface area contributed by atoms with Crippen LogP contribution in [0.1, 0.15) is 23.2 Å². The molecule has 0 saturated heterocycles. The van der Waals surface area contributed by atoms with Crippen molar-refractivity contribution in [2.24, 2.45) is 0 Å². The lowest BCUT2D eigenvalue weighted by atomic mass is 10.3. The fourth-order valence-corrected chi connectivity index (χ4v) is 0.989. The van der Waals surface area contributed by atoms with Crippen LogP contribution in [0.15, 0.2) is 6.07 Å². The number of aromatic carboxylic acids is 1. The van der Waals surface area contributed by atoms with Gasteiger partial charge in [-0.2, -0.15) is 0 Å². The molecular weight excluding hydrogens is 182 g/mol. The van der Waals surface area contributed by atoms with E-state index in [1.165, 1.54) is 0 Å². The fraction of sp³-hybridized carbons (Fsp3) is 0.444. The van der Waals surface area contributed by atoms with Crippen LogP contribution in [0.25, 0.3) is 0 Å². The van der Waals surface area contributed by atoms with E-state index in [-0.39, 0.29) is 5.82 Å². The molecule has 1 aromatic rings. The second-order valence-electron chi connectivity index (χ2n) is 3.09. The summed E-state index contributed by atoms with van der Waals surface area (Å²) < 4.78 is 0. The van der Waals surface area contributed by atoms with Gasteiger partial charge in [0.15, 0.2) is 0 Å². The van der Waals surface area contributed by atoms with E-state index >= 15 is 0 Å². The second kappa shape index (κ2) is 4.04. The SMILES string of the molecule is CCc1cc(N(C)C)nc(C(=O)O)n1. The summed E-state index contributed by atoms with van der Waals surface area (Å²) in [7, 11) is 3.63. The third kappa shape index (κ3) is 2.18. The highest BCUT2D eigenvalue weighted by Crippen LogP contribution is 2.10. The molecule has 0 radical (unpaired) electrons. The summed E-state index contributed by atoms with van der Waals surface area (Å²) in [6.07, 6.45) is 0.698. The van der Waals surface area contributed by atoms with Crippen molar-refractivity contribution in [3.8, 4) is 0 Å². The first-order chi connectivity index (χ1) is 6.54. The summed E-state index contributed by atoms with van der Waals surface area (Å²) in [4.78, 5) is 20.2. The number of aryl methyl sites for hydroxylation is 1. The normalized spacial score (nSPS) is 9.93. The molecule has 1 heterocycles. The smallest absolute Gasteiger partial charge is 0.374 e. The lowest BCUT2D eigenvalue weighted by Gasteiger charge is -2.12. The first-order valence-corrected chi connectivity index (χ1v) is 4.33. The zero-order valence-corrected chi connectivity index (χ0v) is 8.48. The maximum Gasteiger partial charge on any atom is 0.374 e. The van der Waals surface area contributed by atoms with Crippen molar-refractivity contribution >= 4 is 11.8 Å². The van der Waals surface area contributed by atoms with E-state index < -0.39 is 5.97 Å². The van der Waals surface area contributed by atoms with Gasteiger partial charge in [0.25, 0.3) is 0 Å². The zero-order chi connectivity index (χ0) is 10.7. The maximum atomic E-state index is 10.7. The van der Waals surface area contributed by atoms with Gasteiger partial charge in [-0.05, 0) is 6.42 Å². The van der Waals surface area contributed by atoms with Crippen LogP contribution in [-0.4, -0.2) is 35.1 Å². The highest BCUT2D eigenvalue weighted by molar-refractivity contribution is 5.83. The second-order valence-corrected chi connectivity index (χ2v) is 3.09. The molecule has 0 aromatic carbocycles. The van der Waals surface area contributed by atoms with Crippen molar-refractivity contribution in [1.29, 1.82) is 0 Å². The van der Waals surface area contributed by atoms with E-state index in [1.807, 2.05) is 21.0 Å². The van der Waals surface area contributed by atoms with Crippen LogP contribution < -0.4 is 4.90 Å². The molecule has 0 amide bonds. The van der Waals surface area contributed by atoms with Crippen LogP contribution in [0.2, 0.25) is 0 Å². The average Bonchev–Trinajstić information content (AvgIpc) is 2.16. The van der Waals surface area contributed by atoms with Crippen molar-refractivity contribution in [3.63, 3.8) is 0 Å². The molecule has 0 spiro atoms. The van der Waals surface area contributed by atoms with Crippen LogP contribution in [-0.2, 0) is 6.42 Å². The number of rotatable bonds is 3. The summed E-state index contributed by atoms with van der Waals surface area (Å²) >= 11 is 0. The Morgan fingerprint density at radius 3 is 2.57 bits per heavy atom.